The van der Waals surface area contributed by atoms with Gasteiger partial charge in [0.2, 0.25) is 0 Å². The van der Waals surface area contributed by atoms with E-state index in [0.717, 1.165) is 6.42 Å². The van der Waals surface area contributed by atoms with Gasteiger partial charge < -0.3 is 20.4 Å². The van der Waals surface area contributed by atoms with Crippen molar-refractivity contribution < 1.29 is 19.8 Å². The van der Waals surface area contributed by atoms with Crippen LogP contribution in [0.1, 0.15) is 27.2 Å². The highest BCUT2D eigenvalue weighted by Crippen LogP contribution is 2.23. The fraction of sp³-hybridized carbons (Fsp3) is 0.833. The lowest BCUT2D eigenvalue weighted by atomic mass is 10.0. The van der Waals surface area contributed by atoms with Gasteiger partial charge in [0.25, 0.3) is 0 Å². The molecule has 0 aromatic heterocycles. The van der Waals surface area contributed by atoms with Gasteiger partial charge in [-0.05, 0) is 18.3 Å². The average Bonchev–Trinajstić information content (AvgIpc) is 2.65. The molecular weight excluding hydrogens is 236 g/mol. The molecule has 0 aromatic rings. The normalized spacial score (nSPS) is 25.3. The van der Waals surface area contributed by atoms with E-state index < -0.39 is 18.0 Å². The van der Waals surface area contributed by atoms with Crippen LogP contribution in [0.3, 0.4) is 0 Å². The number of hydrogen-bond donors (Lipinski definition) is 3. The number of aliphatic hydroxyl groups excluding tert-OH is 1. The first-order valence-corrected chi connectivity index (χ1v) is 6.29. The molecule has 1 aliphatic heterocycles. The van der Waals surface area contributed by atoms with Crippen LogP contribution >= 0.6 is 0 Å². The van der Waals surface area contributed by atoms with Gasteiger partial charge in [0.05, 0.1) is 12.6 Å². The number of hydrogen-bond acceptors (Lipinski definition) is 3. The molecule has 1 saturated heterocycles. The van der Waals surface area contributed by atoms with Crippen molar-refractivity contribution in [3.63, 3.8) is 0 Å². The molecule has 1 aliphatic rings. The summed E-state index contributed by atoms with van der Waals surface area (Å²) < 4.78 is 0. The zero-order chi connectivity index (χ0) is 13.9. The standard InChI is InChI=1S/C12H22N2O4/c1-7(2)10(11(16)17)13-12(18)14-5-4-8(3)9(14)6-15/h7-10,15H,4-6H2,1-3H3,(H,13,18)(H,16,17)/t8?,9?,10-/m1/s1. The first-order chi connectivity index (χ1) is 8.38. The highest BCUT2D eigenvalue weighted by molar-refractivity contribution is 5.83. The molecule has 6 heteroatoms. The van der Waals surface area contributed by atoms with Crippen LogP contribution in [0, 0.1) is 11.8 Å². The first kappa shape index (κ1) is 14.8. The molecule has 3 N–H and O–H groups in total. The number of carbonyl (C=O) groups excluding carboxylic acids is 1. The Balaban J connectivity index is 2.67. The third kappa shape index (κ3) is 3.13. The largest absolute Gasteiger partial charge is 0.480 e. The quantitative estimate of drug-likeness (QED) is 0.685. The van der Waals surface area contributed by atoms with E-state index >= 15 is 0 Å². The van der Waals surface area contributed by atoms with Crippen LogP contribution in [-0.4, -0.2) is 52.3 Å². The van der Waals surface area contributed by atoms with Crippen molar-refractivity contribution in [2.75, 3.05) is 13.2 Å². The summed E-state index contributed by atoms with van der Waals surface area (Å²) in [5, 5.41) is 20.8. The Labute approximate surface area is 107 Å². The van der Waals surface area contributed by atoms with E-state index in [2.05, 4.69) is 5.32 Å². The topological polar surface area (TPSA) is 89.9 Å². The van der Waals surface area contributed by atoms with Crippen molar-refractivity contribution in [1.29, 1.82) is 0 Å². The van der Waals surface area contributed by atoms with E-state index in [1.165, 1.54) is 4.90 Å². The van der Waals surface area contributed by atoms with Crippen molar-refractivity contribution in [1.82, 2.24) is 10.2 Å². The number of nitrogens with zero attached hydrogens (tertiary/aromatic N) is 1. The maximum absolute atomic E-state index is 12.0. The lowest BCUT2D eigenvalue weighted by Crippen LogP contribution is -2.52. The molecule has 0 bridgehead atoms. The molecule has 2 unspecified atom stereocenters. The monoisotopic (exact) mass is 258 g/mol. The lowest BCUT2D eigenvalue weighted by molar-refractivity contribution is -0.140. The summed E-state index contributed by atoms with van der Waals surface area (Å²) in [6, 6.07) is -1.51. The number of carbonyl (C=O) groups is 2. The fourth-order valence-corrected chi connectivity index (χ4v) is 2.27. The van der Waals surface area contributed by atoms with Gasteiger partial charge in [-0.25, -0.2) is 9.59 Å². The Hall–Kier alpha value is -1.30. The number of aliphatic hydroxyl groups is 1. The van der Waals surface area contributed by atoms with Gasteiger partial charge in [0.1, 0.15) is 6.04 Å². The predicted octanol–water partition coefficient (Wildman–Crippen LogP) is 0.508. The van der Waals surface area contributed by atoms with E-state index in [-0.39, 0.29) is 24.5 Å². The van der Waals surface area contributed by atoms with Crippen LogP contribution < -0.4 is 5.32 Å². The van der Waals surface area contributed by atoms with Crippen LogP contribution in [0.15, 0.2) is 0 Å². The second-order valence-electron chi connectivity index (χ2n) is 5.22. The molecular formula is C12H22N2O4. The van der Waals surface area contributed by atoms with E-state index in [0.29, 0.717) is 6.54 Å². The van der Waals surface area contributed by atoms with Crippen LogP contribution in [0.5, 0.6) is 0 Å². The Morgan fingerprint density at radius 3 is 2.50 bits per heavy atom. The molecule has 1 rings (SSSR count). The minimum atomic E-state index is -1.04. The molecule has 1 fully saturated rings. The molecule has 0 saturated carbocycles. The summed E-state index contributed by atoms with van der Waals surface area (Å²) in [5.41, 5.74) is 0. The summed E-state index contributed by atoms with van der Waals surface area (Å²) in [4.78, 5) is 24.6. The third-order valence-electron chi connectivity index (χ3n) is 3.54. The number of carboxylic acid groups (broad SMARTS) is 1. The van der Waals surface area contributed by atoms with Crippen molar-refractivity contribution in [2.45, 2.75) is 39.3 Å². The molecule has 3 atom stereocenters. The number of urea groups is 1. The first-order valence-electron chi connectivity index (χ1n) is 6.29. The number of nitrogens with one attached hydrogen (secondary N) is 1. The Morgan fingerprint density at radius 2 is 2.06 bits per heavy atom. The summed E-state index contributed by atoms with van der Waals surface area (Å²) in [5.74, 6) is -0.978. The molecule has 0 aromatic carbocycles. The minimum absolute atomic E-state index is 0.0893. The van der Waals surface area contributed by atoms with E-state index in [1.54, 1.807) is 13.8 Å². The smallest absolute Gasteiger partial charge is 0.326 e. The number of likely N-dealkylation sites (tertiary alicyclic amines) is 1. The van der Waals surface area contributed by atoms with Gasteiger partial charge in [0.15, 0.2) is 0 Å². The summed E-state index contributed by atoms with van der Waals surface area (Å²) in [6.07, 6.45) is 0.831. The van der Waals surface area contributed by atoms with Gasteiger partial charge in [-0.3, -0.25) is 0 Å². The molecule has 1 heterocycles. The molecule has 18 heavy (non-hydrogen) atoms. The molecule has 0 radical (unpaired) electrons. The second kappa shape index (κ2) is 6.04. The maximum atomic E-state index is 12.0. The number of amides is 2. The SMILES string of the molecule is CC1CCN(C(=O)N[C@@H](C(=O)O)C(C)C)C1CO. The Morgan fingerprint density at radius 1 is 1.44 bits per heavy atom. The number of aliphatic carboxylic acids is 1. The summed E-state index contributed by atoms with van der Waals surface area (Å²) in [7, 11) is 0. The van der Waals surface area contributed by atoms with Gasteiger partial charge in [0, 0.05) is 6.54 Å². The molecule has 0 aliphatic carbocycles. The van der Waals surface area contributed by atoms with Gasteiger partial charge in [-0.1, -0.05) is 20.8 Å². The second-order valence-corrected chi connectivity index (χ2v) is 5.22. The van der Waals surface area contributed by atoms with Crippen molar-refractivity contribution in [3.05, 3.63) is 0 Å². The maximum Gasteiger partial charge on any atom is 0.326 e. The molecule has 0 spiro atoms. The average molecular weight is 258 g/mol. The zero-order valence-corrected chi connectivity index (χ0v) is 11.1. The summed E-state index contributed by atoms with van der Waals surface area (Å²) in [6.45, 7) is 5.94. The van der Waals surface area contributed by atoms with Gasteiger partial charge in [-0.15, -0.1) is 0 Å². The van der Waals surface area contributed by atoms with Crippen molar-refractivity contribution in [2.24, 2.45) is 11.8 Å². The predicted molar refractivity (Wildman–Crippen MR) is 66.2 cm³/mol. The molecule has 2 amide bonds. The number of carboxylic acids is 1. The van der Waals surface area contributed by atoms with Crippen LogP contribution in [0.2, 0.25) is 0 Å². The Bertz CT molecular complexity index is 319. The highest BCUT2D eigenvalue weighted by Gasteiger charge is 2.35. The van der Waals surface area contributed by atoms with Crippen LogP contribution in [-0.2, 0) is 4.79 Å². The lowest BCUT2D eigenvalue weighted by Gasteiger charge is -2.28. The fourth-order valence-electron chi connectivity index (χ4n) is 2.27. The molecule has 6 nitrogen and oxygen atoms in total. The zero-order valence-electron chi connectivity index (χ0n) is 11.1. The highest BCUT2D eigenvalue weighted by atomic mass is 16.4. The minimum Gasteiger partial charge on any atom is -0.480 e. The third-order valence-corrected chi connectivity index (χ3v) is 3.54. The summed E-state index contributed by atoms with van der Waals surface area (Å²) >= 11 is 0. The van der Waals surface area contributed by atoms with E-state index in [4.69, 9.17) is 5.11 Å². The molecule has 104 valence electrons. The van der Waals surface area contributed by atoms with Gasteiger partial charge in [-0.2, -0.15) is 0 Å². The van der Waals surface area contributed by atoms with E-state index in [9.17, 15) is 14.7 Å². The number of rotatable bonds is 4. The van der Waals surface area contributed by atoms with Gasteiger partial charge >= 0.3 is 12.0 Å². The van der Waals surface area contributed by atoms with Crippen LogP contribution in [0.25, 0.3) is 0 Å². The van der Waals surface area contributed by atoms with Crippen molar-refractivity contribution >= 4 is 12.0 Å². The van der Waals surface area contributed by atoms with Crippen LogP contribution in [0.4, 0.5) is 4.79 Å². The van der Waals surface area contributed by atoms with E-state index in [1.807, 2.05) is 6.92 Å². The van der Waals surface area contributed by atoms with Crippen molar-refractivity contribution in [3.8, 4) is 0 Å². The Kier molecular flexibility index (Phi) is 4.95.